The van der Waals surface area contributed by atoms with Crippen molar-refractivity contribution in [2.24, 2.45) is 5.73 Å². The van der Waals surface area contributed by atoms with E-state index in [1.54, 1.807) is 0 Å². The molecule has 31 heavy (non-hydrogen) atoms. The van der Waals surface area contributed by atoms with E-state index in [0.29, 0.717) is 22.1 Å². The number of benzene rings is 1. The van der Waals surface area contributed by atoms with Crippen LogP contribution in [-0.2, 0) is 4.79 Å². The highest BCUT2D eigenvalue weighted by atomic mass is 32.2. The number of carbonyl (C=O) groups excluding carboxylic acids is 1. The monoisotopic (exact) mass is 432 g/mol. The summed E-state index contributed by atoms with van der Waals surface area (Å²) in [5.41, 5.74) is 8.20. The molecule has 2 aliphatic rings. The van der Waals surface area contributed by atoms with Crippen molar-refractivity contribution in [1.29, 1.82) is 5.26 Å². The molecule has 7 nitrogen and oxygen atoms in total. The van der Waals surface area contributed by atoms with Crippen LogP contribution in [0.4, 0.5) is 11.5 Å². The van der Waals surface area contributed by atoms with E-state index in [9.17, 15) is 10.1 Å². The van der Waals surface area contributed by atoms with Crippen molar-refractivity contribution in [1.82, 2.24) is 10.3 Å². The van der Waals surface area contributed by atoms with Crippen molar-refractivity contribution in [3.8, 4) is 6.07 Å². The van der Waals surface area contributed by atoms with Gasteiger partial charge in [-0.15, -0.1) is 0 Å². The molecule has 1 atom stereocenters. The maximum Gasteiger partial charge on any atom is 0.235 e. The lowest BCUT2D eigenvalue weighted by molar-refractivity contribution is -0.117. The molecular weight excluding hydrogens is 408 g/mol. The normalized spacial score (nSPS) is 17.3. The van der Waals surface area contributed by atoms with Gasteiger partial charge in [0.2, 0.25) is 11.6 Å². The number of thioether (sulfide) groups is 1. The fourth-order valence-corrected chi connectivity index (χ4v) is 4.99. The lowest BCUT2D eigenvalue weighted by Gasteiger charge is -2.26. The maximum absolute atomic E-state index is 12.3. The summed E-state index contributed by atoms with van der Waals surface area (Å²) in [5, 5.41) is 13.2. The van der Waals surface area contributed by atoms with Gasteiger partial charge in [-0.05, 0) is 42.9 Å². The number of carbonyl (C=O) groups is 1. The number of pyridine rings is 1. The summed E-state index contributed by atoms with van der Waals surface area (Å²) in [6.45, 7) is 11.1. The van der Waals surface area contributed by atoms with Gasteiger partial charge in [0.25, 0.3) is 0 Å². The van der Waals surface area contributed by atoms with Gasteiger partial charge in [0.05, 0.1) is 12.1 Å². The van der Waals surface area contributed by atoms with Crippen LogP contribution < -0.4 is 16.0 Å². The molecule has 0 bridgehead atoms. The number of hydrogen-bond donors (Lipinski definition) is 2. The molecule has 1 aromatic heterocycles. The first-order valence-electron chi connectivity index (χ1n) is 10.5. The van der Waals surface area contributed by atoms with E-state index in [0.717, 1.165) is 56.6 Å². The Morgan fingerprint density at radius 2 is 2.10 bits per heavy atom. The molecule has 158 valence electrons. The molecule has 0 spiro atoms. The van der Waals surface area contributed by atoms with E-state index >= 15 is 0 Å². The second-order valence-electron chi connectivity index (χ2n) is 7.78. The van der Waals surface area contributed by atoms with Crippen LogP contribution in [0.1, 0.15) is 47.1 Å². The summed E-state index contributed by atoms with van der Waals surface area (Å²) in [6, 6.07) is 11.6. The molecule has 1 aliphatic carbocycles. The molecule has 4 rings (SSSR count). The number of nitrogens with zero attached hydrogens (tertiary/aromatic N) is 4. The molecule has 1 unspecified atom stereocenters. The van der Waals surface area contributed by atoms with E-state index in [4.69, 9.17) is 17.3 Å². The Bertz CT molecular complexity index is 1050. The lowest BCUT2D eigenvalue weighted by Crippen LogP contribution is -2.29. The Labute approximate surface area is 186 Å². The highest BCUT2D eigenvalue weighted by molar-refractivity contribution is 8.00. The zero-order chi connectivity index (χ0) is 21.8. The predicted molar refractivity (Wildman–Crippen MR) is 121 cm³/mol. The third-order valence-corrected chi connectivity index (χ3v) is 6.86. The number of anilines is 1. The number of aromatic nitrogens is 1. The number of nitrogens with one attached hydrogen (secondary N) is 1. The largest absolute Gasteiger partial charge is 0.368 e. The first-order valence-corrected chi connectivity index (χ1v) is 11.3. The van der Waals surface area contributed by atoms with Crippen molar-refractivity contribution >= 4 is 29.2 Å². The number of nitrogens with two attached hydrogens (primary N) is 1. The summed E-state index contributed by atoms with van der Waals surface area (Å²) in [4.78, 5) is 23.1. The minimum absolute atomic E-state index is 0.203. The van der Waals surface area contributed by atoms with E-state index < -0.39 is 11.2 Å². The van der Waals surface area contributed by atoms with Crippen LogP contribution in [0.3, 0.4) is 0 Å². The molecule has 0 radical (unpaired) electrons. The second-order valence-corrected chi connectivity index (χ2v) is 8.87. The number of amides is 1. The van der Waals surface area contributed by atoms with Crippen molar-refractivity contribution in [3.05, 3.63) is 58.4 Å². The maximum atomic E-state index is 12.3. The zero-order valence-electron chi connectivity index (χ0n) is 17.2. The van der Waals surface area contributed by atoms with Crippen LogP contribution in [0.25, 0.3) is 4.85 Å². The van der Waals surface area contributed by atoms with Crippen LogP contribution in [0.15, 0.2) is 35.4 Å². The molecule has 2 heterocycles. The third-order valence-electron chi connectivity index (χ3n) is 5.60. The minimum Gasteiger partial charge on any atom is -0.368 e. The molecule has 2 fully saturated rings. The number of hydrogen-bond acceptors (Lipinski definition) is 6. The summed E-state index contributed by atoms with van der Waals surface area (Å²) in [5.74, 6) is 0.344. The van der Waals surface area contributed by atoms with Crippen LogP contribution in [0.2, 0.25) is 0 Å². The summed E-state index contributed by atoms with van der Waals surface area (Å²) in [6.07, 6.45) is 2.88. The van der Waals surface area contributed by atoms with Crippen molar-refractivity contribution in [2.75, 3.05) is 31.1 Å². The SMILES string of the molecule is [C-]#[N+]c1c(N2CCCNCC2)nc(SC(C(N)=O)c2ccccc2)c(C#N)c1C1CC1. The van der Waals surface area contributed by atoms with Crippen LogP contribution in [0.5, 0.6) is 0 Å². The first-order chi connectivity index (χ1) is 15.1. The van der Waals surface area contributed by atoms with Crippen LogP contribution >= 0.6 is 11.8 Å². The molecular formula is C23H24N6OS. The topological polar surface area (TPSA) is 99.4 Å². The Morgan fingerprint density at radius 1 is 1.32 bits per heavy atom. The minimum atomic E-state index is -0.662. The summed E-state index contributed by atoms with van der Waals surface area (Å²) in [7, 11) is 0. The predicted octanol–water partition coefficient (Wildman–Crippen LogP) is 3.50. The first kappa shape index (κ1) is 21.2. The van der Waals surface area contributed by atoms with Gasteiger partial charge in [-0.2, -0.15) is 5.26 Å². The average Bonchev–Trinajstić information content (AvgIpc) is 3.64. The van der Waals surface area contributed by atoms with Gasteiger partial charge >= 0.3 is 0 Å². The van der Waals surface area contributed by atoms with E-state index in [-0.39, 0.29) is 5.92 Å². The molecule has 3 N–H and O–H groups in total. The molecule has 8 heteroatoms. The molecule has 1 amide bonds. The fraction of sp³-hybridized carbons (Fsp3) is 0.391. The van der Waals surface area contributed by atoms with Gasteiger partial charge in [0.1, 0.15) is 22.2 Å². The standard InChI is InChI=1S/C23H24N6OS/c1-26-19-18(15-8-9-15)17(14-24)23(28-22(19)29-12-5-10-27-11-13-29)31-20(21(25)30)16-6-3-2-4-7-16/h2-4,6-7,15,20,27H,5,8-13H2,(H2,25,30). The van der Waals surface area contributed by atoms with Crippen LogP contribution in [0, 0.1) is 17.9 Å². The van der Waals surface area contributed by atoms with E-state index in [1.165, 1.54) is 11.8 Å². The van der Waals surface area contributed by atoms with Gasteiger partial charge in [0, 0.05) is 19.6 Å². The zero-order valence-corrected chi connectivity index (χ0v) is 18.0. The van der Waals surface area contributed by atoms with Crippen molar-refractivity contribution in [3.63, 3.8) is 0 Å². The van der Waals surface area contributed by atoms with Gasteiger partial charge < -0.3 is 16.0 Å². The van der Waals surface area contributed by atoms with Crippen molar-refractivity contribution < 1.29 is 4.79 Å². The third kappa shape index (κ3) is 4.51. The Kier molecular flexibility index (Phi) is 6.41. The molecule has 1 aromatic carbocycles. The lowest BCUT2D eigenvalue weighted by atomic mass is 10.0. The Hall–Kier alpha value is -3.07. The Balaban J connectivity index is 1.84. The number of rotatable bonds is 6. The molecule has 1 aliphatic heterocycles. The quantitative estimate of drug-likeness (QED) is 0.535. The highest BCUT2D eigenvalue weighted by Gasteiger charge is 2.35. The molecule has 2 aromatic rings. The van der Waals surface area contributed by atoms with Gasteiger partial charge in [-0.25, -0.2) is 9.83 Å². The van der Waals surface area contributed by atoms with Gasteiger partial charge in [-0.1, -0.05) is 42.1 Å². The Morgan fingerprint density at radius 3 is 2.74 bits per heavy atom. The fourth-order valence-electron chi connectivity index (χ4n) is 3.94. The smallest absolute Gasteiger partial charge is 0.235 e. The highest BCUT2D eigenvalue weighted by Crippen LogP contribution is 2.51. The summed E-state index contributed by atoms with van der Waals surface area (Å²) >= 11 is 1.21. The molecule has 1 saturated heterocycles. The number of primary amides is 1. The number of nitriles is 1. The average molecular weight is 433 g/mol. The molecule has 1 saturated carbocycles. The summed E-state index contributed by atoms with van der Waals surface area (Å²) < 4.78 is 0. The van der Waals surface area contributed by atoms with Gasteiger partial charge in [0.15, 0.2) is 0 Å². The van der Waals surface area contributed by atoms with E-state index in [2.05, 4.69) is 21.1 Å². The van der Waals surface area contributed by atoms with Crippen LogP contribution in [-0.4, -0.2) is 37.1 Å². The van der Waals surface area contributed by atoms with Gasteiger partial charge in [-0.3, -0.25) is 4.79 Å². The second kappa shape index (κ2) is 9.38. The van der Waals surface area contributed by atoms with E-state index in [1.807, 2.05) is 30.3 Å². The van der Waals surface area contributed by atoms with Crippen molar-refractivity contribution in [2.45, 2.75) is 35.5 Å².